The number of fused-ring (bicyclic) bond motifs is 4. The van der Waals surface area contributed by atoms with Gasteiger partial charge in [-0.25, -0.2) is 4.79 Å². The first-order valence-electron chi connectivity index (χ1n) is 17.8. The van der Waals surface area contributed by atoms with Crippen LogP contribution in [-0.4, -0.2) is 65.9 Å². The number of hydrogen-bond donors (Lipinski definition) is 2. The number of epoxide rings is 1. The number of benzene rings is 2. The molecule has 2 saturated heterocycles. The maximum absolute atomic E-state index is 13.8. The van der Waals surface area contributed by atoms with Gasteiger partial charge in [-0.2, -0.15) is 0 Å². The highest BCUT2D eigenvalue weighted by atomic mass is 16.8. The van der Waals surface area contributed by atoms with Gasteiger partial charge in [-0.15, -0.1) is 0 Å². The Morgan fingerprint density at radius 3 is 2.56 bits per heavy atom. The van der Waals surface area contributed by atoms with Gasteiger partial charge in [-0.3, -0.25) is 4.79 Å². The summed E-state index contributed by atoms with van der Waals surface area (Å²) < 4.78 is 25.5. The predicted molar refractivity (Wildman–Crippen MR) is 180 cm³/mol. The van der Waals surface area contributed by atoms with Crippen LogP contribution in [0.2, 0.25) is 0 Å². The van der Waals surface area contributed by atoms with Crippen LogP contribution in [0, 0.1) is 17.3 Å². The topological polar surface area (TPSA) is 107 Å². The molecule has 1 amide bonds. The quantitative estimate of drug-likeness (QED) is 0.304. The Balaban J connectivity index is 1.02. The lowest BCUT2D eigenvalue weighted by molar-refractivity contribution is -0.172. The summed E-state index contributed by atoms with van der Waals surface area (Å²) in [4.78, 5) is 26.9. The monoisotopic (exact) mass is 653 g/mol. The molecule has 4 aliphatic carbocycles. The second-order valence-corrected chi connectivity index (χ2v) is 15.8. The number of allylic oxidation sites excluding steroid dienone is 1. The Labute approximate surface area is 282 Å². The number of esters is 1. The largest absolute Gasteiger partial charge is 0.456 e. The van der Waals surface area contributed by atoms with Crippen LogP contribution < -0.4 is 5.32 Å². The molecule has 1 spiro atoms. The first kappa shape index (κ1) is 31.9. The number of rotatable bonds is 6. The van der Waals surface area contributed by atoms with Crippen LogP contribution in [0.5, 0.6) is 0 Å². The van der Waals surface area contributed by atoms with E-state index in [0.717, 1.165) is 24.8 Å². The summed E-state index contributed by atoms with van der Waals surface area (Å²) in [5.74, 6) is -0.421. The van der Waals surface area contributed by atoms with E-state index in [9.17, 15) is 14.7 Å². The van der Waals surface area contributed by atoms with Crippen molar-refractivity contribution in [3.8, 4) is 0 Å². The molecular weight excluding hydrogens is 606 g/mol. The molecule has 8 nitrogen and oxygen atoms in total. The Kier molecular flexibility index (Phi) is 7.94. The first-order chi connectivity index (χ1) is 23.0. The van der Waals surface area contributed by atoms with E-state index in [1.54, 1.807) is 12.1 Å². The minimum Gasteiger partial charge on any atom is -0.456 e. The number of aliphatic hydroxyl groups is 1. The Morgan fingerprint density at radius 1 is 1.02 bits per heavy atom. The second-order valence-electron chi connectivity index (χ2n) is 15.8. The molecule has 7 unspecified atom stereocenters. The fourth-order valence-electron chi connectivity index (χ4n) is 9.33. The van der Waals surface area contributed by atoms with Crippen molar-refractivity contribution < 1.29 is 33.6 Å². The molecule has 6 aliphatic rings. The number of ether oxygens (including phenoxy) is 4. The molecule has 2 heterocycles. The summed E-state index contributed by atoms with van der Waals surface area (Å²) in [7, 11) is 0. The lowest BCUT2D eigenvalue weighted by Gasteiger charge is -2.53. The highest BCUT2D eigenvalue weighted by molar-refractivity contribution is 5.94. The molecule has 0 aromatic heterocycles. The minimum absolute atomic E-state index is 0.0392. The molecule has 2 saturated carbocycles. The molecular formula is C40H47NO7. The number of carbonyl (C=O) groups excluding carboxylic acids is 2. The first-order valence-corrected chi connectivity index (χ1v) is 17.8. The fraction of sp³-hybridized carbons (Fsp3) is 0.550. The Morgan fingerprint density at radius 2 is 1.81 bits per heavy atom. The Hall–Kier alpha value is -3.30. The number of nitrogens with one attached hydrogen (secondary N) is 1. The van der Waals surface area contributed by atoms with Crippen molar-refractivity contribution in [3.63, 3.8) is 0 Å². The molecule has 8 rings (SSSR count). The van der Waals surface area contributed by atoms with Gasteiger partial charge in [0.25, 0.3) is 0 Å². The highest BCUT2D eigenvalue weighted by Gasteiger charge is 2.57. The minimum atomic E-state index is -0.864. The van der Waals surface area contributed by atoms with Gasteiger partial charge in [0.05, 0.1) is 23.9 Å². The van der Waals surface area contributed by atoms with Crippen molar-refractivity contribution in [2.24, 2.45) is 17.3 Å². The average Bonchev–Trinajstić information content (AvgIpc) is 3.36. The zero-order valence-electron chi connectivity index (χ0n) is 28.2. The third-order valence-corrected chi connectivity index (χ3v) is 12.0. The third-order valence-electron chi connectivity index (χ3n) is 12.0. The van der Waals surface area contributed by atoms with E-state index < -0.39 is 30.1 Å². The van der Waals surface area contributed by atoms with E-state index in [-0.39, 0.29) is 31.1 Å². The smallest absolute Gasteiger partial charge is 0.338 e. The molecule has 254 valence electrons. The third kappa shape index (κ3) is 5.85. The fourth-order valence-corrected chi connectivity index (χ4v) is 9.33. The van der Waals surface area contributed by atoms with Crippen LogP contribution in [0.1, 0.15) is 86.3 Å². The zero-order chi connectivity index (χ0) is 33.3. The lowest BCUT2D eigenvalue weighted by atomic mass is 9.52. The summed E-state index contributed by atoms with van der Waals surface area (Å²) in [5, 5.41) is 12.0. The summed E-state index contributed by atoms with van der Waals surface area (Å²) >= 11 is 0. The van der Waals surface area contributed by atoms with E-state index in [2.05, 4.69) is 50.4 Å². The second kappa shape index (κ2) is 11.9. The summed E-state index contributed by atoms with van der Waals surface area (Å²) in [6.45, 7) is 7.04. The molecule has 4 fully saturated rings. The van der Waals surface area contributed by atoms with Gasteiger partial charge in [0.2, 0.25) is 5.91 Å². The van der Waals surface area contributed by atoms with E-state index in [4.69, 9.17) is 18.9 Å². The van der Waals surface area contributed by atoms with Crippen molar-refractivity contribution in [1.82, 2.24) is 5.32 Å². The van der Waals surface area contributed by atoms with Gasteiger partial charge in [0, 0.05) is 31.4 Å². The van der Waals surface area contributed by atoms with Crippen LogP contribution in [0.3, 0.4) is 0 Å². The van der Waals surface area contributed by atoms with Crippen molar-refractivity contribution in [1.29, 1.82) is 0 Å². The maximum atomic E-state index is 13.8. The van der Waals surface area contributed by atoms with Gasteiger partial charge in [0.1, 0.15) is 18.3 Å². The van der Waals surface area contributed by atoms with E-state index in [1.807, 2.05) is 24.3 Å². The zero-order valence-corrected chi connectivity index (χ0v) is 28.2. The van der Waals surface area contributed by atoms with Crippen molar-refractivity contribution >= 4 is 18.0 Å². The molecule has 7 atom stereocenters. The van der Waals surface area contributed by atoms with Crippen LogP contribution in [-0.2, 0) is 36.6 Å². The molecule has 2 aliphatic heterocycles. The molecule has 8 heteroatoms. The average molecular weight is 654 g/mol. The van der Waals surface area contributed by atoms with Crippen molar-refractivity contribution in [3.05, 3.63) is 88.0 Å². The van der Waals surface area contributed by atoms with Gasteiger partial charge < -0.3 is 29.4 Å². The van der Waals surface area contributed by atoms with Gasteiger partial charge >= 0.3 is 5.97 Å². The standard InChI is InChI=1S/C40H47NO7/c1-38(2)23-30-25(11-12-34-39(3,47-34)14-13-31(30)38)17-24-7-6-10-26(18-24)37(44)45-32-19-29(36(43)41-15-16-42)20-33-35(32)48-40(46-33)21-27-8-4-5-9-28(27)22-40/h4-10,17-18,20,30-35,42H,11-16,19,21-23H2,1-3H3,(H,41,43). The maximum Gasteiger partial charge on any atom is 0.338 e. The van der Waals surface area contributed by atoms with E-state index in [1.165, 1.54) is 29.5 Å². The molecule has 48 heavy (non-hydrogen) atoms. The molecule has 2 aromatic rings. The van der Waals surface area contributed by atoms with Gasteiger partial charge in [-0.05, 0) is 91.2 Å². The van der Waals surface area contributed by atoms with Gasteiger partial charge in [0.15, 0.2) is 5.79 Å². The van der Waals surface area contributed by atoms with Crippen molar-refractivity contribution in [2.75, 3.05) is 13.2 Å². The SMILES string of the molecule is CC1(C)CC2C(=Cc3cccc(C(=O)OC4CC(C(=O)NCCO)=CC5OC6(Cc7ccccc7C6)OC54)c3)CCC3OC3(C)CCC21. The number of hydrogen-bond acceptors (Lipinski definition) is 7. The lowest BCUT2D eigenvalue weighted by Crippen LogP contribution is -2.45. The summed E-state index contributed by atoms with van der Waals surface area (Å²) in [6.07, 6.45) is 9.57. The van der Waals surface area contributed by atoms with Crippen LogP contribution >= 0.6 is 0 Å². The Bertz CT molecular complexity index is 1650. The number of amides is 1. The van der Waals surface area contributed by atoms with Crippen LogP contribution in [0.4, 0.5) is 0 Å². The van der Waals surface area contributed by atoms with E-state index in [0.29, 0.717) is 47.3 Å². The number of aliphatic hydroxyl groups excluding tert-OH is 1. The molecule has 0 radical (unpaired) electrons. The molecule has 0 bridgehead atoms. The molecule has 2 aromatic carbocycles. The summed E-state index contributed by atoms with van der Waals surface area (Å²) in [5.41, 5.74) is 6.11. The van der Waals surface area contributed by atoms with E-state index >= 15 is 0 Å². The van der Waals surface area contributed by atoms with Gasteiger partial charge in [-0.1, -0.05) is 61.9 Å². The predicted octanol–water partition coefficient (Wildman–Crippen LogP) is 5.71. The van der Waals surface area contributed by atoms with Crippen LogP contribution in [0.15, 0.2) is 65.8 Å². The highest BCUT2D eigenvalue weighted by Crippen LogP contribution is 2.59. The summed E-state index contributed by atoms with van der Waals surface area (Å²) in [6, 6.07) is 15.9. The van der Waals surface area contributed by atoms with Crippen LogP contribution in [0.25, 0.3) is 6.08 Å². The number of carbonyl (C=O) groups is 2. The normalized spacial score (nSPS) is 34.7. The molecule has 2 N–H and O–H groups in total. The van der Waals surface area contributed by atoms with Crippen molar-refractivity contribution in [2.45, 2.75) is 108 Å².